The van der Waals surface area contributed by atoms with Gasteiger partial charge in [-0.25, -0.2) is 0 Å². The summed E-state index contributed by atoms with van der Waals surface area (Å²) in [6.45, 7) is 21.3. The predicted molar refractivity (Wildman–Crippen MR) is 341 cm³/mol. The van der Waals surface area contributed by atoms with Crippen molar-refractivity contribution in [2.45, 2.75) is 89.4 Å². The normalized spacial score (nSPS) is 16.2. The molecule has 1 atom stereocenters. The molecule has 81 heavy (non-hydrogen) atoms. The number of hydrogen-bond acceptors (Lipinski definition) is 1. The standard InChI is InChI=1S/C80H67N/c1-76(2,3)53-40-45-59-60-46-41-54(77(4,5)6)49-71(60)80(70(59)48-53)67-33-19-15-28-64(67)74-68(80)34-22-36-73(74)81(72-35-20-16-27-61(72)63-30-21-29-62-57-26-13-17-31-65(57)78(7,8)75(62)63)55-42-37-50(38-43-55)51-39-44-58-56-25-14-18-32-66(56)79(9,69(58)47-51)52-23-11-10-12-24-52/h10-49H,1-9H3. The molecule has 0 saturated carbocycles. The highest BCUT2D eigenvalue weighted by Gasteiger charge is 2.53. The lowest BCUT2D eigenvalue weighted by molar-refractivity contribution is 0.586. The summed E-state index contributed by atoms with van der Waals surface area (Å²) in [5, 5.41) is 0. The van der Waals surface area contributed by atoms with Gasteiger partial charge in [0.05, 0.1) is 16.8 Å². The molecular weight excluding hydrogens is 975 g/mol. The van der Waals surface area contributed by atoms with Crippen LogP contribution in [0.2, 0.25) is 0 Å². The topological polar surface area (TPSA) is 3.24 Å². The third-order valence-corrected chi connectivity index (χ3v) is 19.3. The van der Waals surface area contributed by atoms with E-state index in [-0.39, 0.29) is 21.7 Å². The highest BCUT2D eigenvalue weighted by molar-refractivity contribution is 6.03. The van der Waals surface area contributed by atoms with Gasteiger partial charge in [0.1, 0.15) is 0 Å². The zero-order chi connectivity index (χ0) is 55.4. The highest BCUT2D eigenvalue weighted by Crippen LogP contribution is 2.66. The van der Waals surface area contributed by atoms with Gasteiger partial charge in [0, 0.05) is 27.6 Å². The summed E-state index contributed by atoms with van der Waals surface area (Å²) in [6.07, 6.45) is 0. The first kappa shape index (κ1) is 49.3. The van der Waals surface area contributed by atoms with Crippen LogP contribution < -0.4 is 4.90 Å². The maximum absolute atomic E-state index is 2.60. The summed E-state index contributed by atoms with van der Waals surface area (Å²) in [7, 11) is 0. The Morgan fingerprint density at radius 1 is 0.309 bits per heavy atom. The van der Waals surface area contributed by atoms with Gasteiger partial charge in [-0.05, 0) is 165 Å². The summed E-state index contributed by atoms with van der Waals surface area (Å²) < 4.78 is 0. The van der Waals surface area contributed by atoms with E-state index in [2.05, 4.69) is 310 Å². The molecule has 4 aliphatic carbocycles. The van der Waals surface area contributed by atoms with Crippen LogP contribution in [0.25, 0.3) is 66.8 Å². The maximum Gasteiger partial charge on any atom is 0.0726 e. The van der Waals surface area contributed by atoms with Crippen LogP contribution in [0.4, 0.5) is 17.1 Å². The third-order valence-electron chi connectivity index (χ3n) is 19.3. The van der Waals surface area contributed by atoms with Gasteiger partial charge in [0.15, 0.2) is 0 Å². The van der Waals surface area contributed by atoms with Crippen LogP contribution in [0.1, 0.15) is 124 Å². The number of nitrogens with zero attached hydrogens (tertiary/aromatic N) is 1. The van der Waals surface area contributed by atoms with Crippen molar-refractivity contribution < 1.29 is 0 Å². The van der Waals surface area contributed by atoms with Gasteiger partial charge in [-0.3, -0.25) is 0 Å². The van der Waals surface area contributed by atoms with E-state index in [0.717, 1.165) is 17.1 Å². The quantitative estimate of drug-likeness (QED) is 0.160. The Hall–Kier alpha value is -8.78. The average Bonchev–Trinajstić information content (AvgIpc) is 2.13. The van der Waals surface area contributed by atoms with Gasteiger partial charge in [0.25, 0.3) is 0 Å². The smallest absolute Gasteiger partial charge is 0.0726 e. The van der Waals surface area contributed by atoms with E-state index in [9.17, 15) is 0 Å². The largest absolute Gasteiger partial charge is 0.309 e. The van der Waals surface area contributed by atoms with Crippen LogP contribution in [0, 0.1) is 0 Å². The zero-order valence-electron chi connectivity index (χ0n) is 48.0. The molecule has 0 radical (unpaired) electrons. The van der Waals surface area contributed by atoms with Crippen LogP contribution >= 0.6 is 0 Å². The fourth-order valence-corrected chi connectivity index (χ4v) is 15.3. The van der Waals surface area contributed by atoms with Gasteiger partial charge in [-0.2, -0.15) is 0 Å². The minimum Gasteiger partial charge on any atom is -0.309 e. The molecule has 4 aliphatic rings. The first-order valence-corrected chi connectivity index (χ1v) is 29.2. The molecule has 11 aromatic carbocycles. The lowest BCUT2D eigenvalue weighted by Gasteiger charge is -2.34. The highest BCUT2D eigenvalue weighted by atomic mass is 15.1. The Morgan fingerprint density at radius 3 is 1.42 bits per heavy atom. The maximum atomic E-state index is 2.60. The minimum atomic E-state index is -0.554. The summed E-state index contributed by atoms with van der Waals surface area (Å²) >= 11 is 0. The summed E-state index contributed by atoms with van der Waals surface area (Å²) in [5.41, 5.74) is 32.5. The molecule has 0 amide bonds. The molecular formula is C80H67N. The van der Waals surface area contributed by atoms with Gasteiger partial charge < -0.3 is 4.90 Å². The van der Waals surface area contributed by atoms with Crippen molar-refractivity contribution in [2.24, 2.45) is 0 Å². The van der Waals surface area contributed by atoms with E-state index in [0.29, 0.717) is 0 Å². The van der Waals surface area contributed by atoms with Crippen molar-refractivity contribution >= 4 is 17.1 Å². The molecule has 1 nitrogen and oxygen atoms in total. The van der Waals surface area contributed by atoms with Crippen LogP contribution in [0.3, 0.4) is 0 Å². The van der Waals surface area contributed by atoms with Crippen molar-refractivity contribution in [2.75, 3.05) is 4.90 Å². The Labute approximate surface area is 479 Å². The molecule has 0 heterocycles. The Bertz CT molecular complexity index is 4340. The number of rotatable bonds is 6. The lowest BCUT2D eigenvalue weighted by Crippen LogP contribution is -2.27. The number of benzene rings is 11. The van der Waals surface area contributed by atoms with Crippen molar-refractivity contribution in [1.82, 2.24) is 0 Å². The van der Waals surface area contributed by atoms with Crippen molar-refractivity contribution in [3.63, 3.8) is 0 Å². The van der Waals surface area contributed by atoms with E-state index in [4.69, 9.17) is 0 Å². The second-order valence-electron chi connectivity index (χ2n) is 26.1. The molecule has 0 fully saturated rings. The molecule has 0 saturated heterocycles. The minimum absolute atomic E-state index is 0.0447. The second-order valence-corrected chi connectivity index (χ2v) is 26.1. The Morgan fingerprint density at radius 2 is 0.765 bits per heavy atom. The molecule has 0 aliphatic heterocycles. The fourth-order valence-electron chi connectivity index (χ4n) is 15.3. The first-order valence-electron chi connectivity index (χ1n) is 29.2. The predicted octanol–water partition coefficient (Wildman–Crippen LogP) is 21.1. The summed E-state index contributed by atoms with van der Waals surface area (Å²) in [5.74, 6) is 0. The molecule has 392 valence electrons. The molecule has 0 bridgehead atoms. The monoisotopic (exact) mass is 1040 g/mol. The van der Waals surface area contributed by atoms with Crippen molar-refractivity contribution in [3.8, 4) is 66.8 Å². The molecule has 15 rings (SSSR count). The molecule has 11 aromatic rings. The summed E-state index contributed by atoms with van der Waals surface area (Å²) in [6, 6.07) is 93.2. The van der Waals surface area contributed by atoms with Crippen molar-refractivity contribution in [3.05, 3.63) is 304 Å². The van der Waals surface area contributed by atoms with E-state index >= 15 is 0 Å². The molecule has 1 unspecified atom stereocenters. The molecule has 0 N–H and O–H groups in total. The Kier molecular flexibility index (Phi) is 10.6. The van der Waals surface area contributed by atoms with Crippen molar-refractivity contribution in [1.29, 1.82) is 0 Å². The molecule has 1 spiro atoms. The fraction of sp³-hybridized carbons (Fsp3) is 0.175. The average molecular weight is 1040 g/mol. The number of fused-ring (bicyclic) bond motifs is 16. The van der Waals surface area contributed by atoms with E-state index in [1.54, 1.807) is 0 Å². The molecule has 0 aromatic heterocycles. The number of para-hydroxylation sites is 1. The molecule has 1 heteroatoms. The van der Waals surface area contributed by atoms with Crippen LogP contribution in [-0.2, 0) is 27.1 Å². The zero-order valence-corrected chi connectivity index (χ0v) is 48.0. The van der Waals surface area contributed by atoms with Crippen LogP contribution in [0.5, 0.6) is 0 Å². The van der Waals surface area contributed by atoms with Gasteiger partial charge >= 0.3 is 0 Å². The lowest BCUT2D eigenvalue weighted by atomic mass is 9.69. The van der Waals surface area contributed by atoms with Crippen LogP contribution in [-0.4, -0.2) is 0 Å². The van der Waals surface area contributed by atoms with Crippen LogP contribution in [0.15, 0.2) is 243 Å². The van der Waals surface area contributed by atoms with E-state index in [1.807, 2.05) is 0 Å². The van der Waals surface area contributed by atoms with Gasteiger partial charge in [-0.1, -0.05) is 268 Å². The van der Waals surface area contributed by atoms with Gasteiger partial charge in [-0.15, -0.1) is 0 Å². The Balaban J connectivity index is 0.973. The van der Waals surface area contributed by atoms with E-state index < -0.39 is 5.41 Å². The second kappa shape index (κ2) is 17.4. The van der Waals surface area contributed by atoms with Gasteiger partial charge in [0.2, 0.25) is 0 Å². The van der Waals surface area contributed by atoms with E-state index in [1.165, 1.54) is 128 Å². The number of anilines is 3. The number of hydrogen-bond donors (Lipinski definition) is 0. The first-order chi connectivity index (χ1) is 39.1. The summed E-state index contributed by atoms with van der Waals surface area (Å²) in [4.78, 5) is 2.60. The third kappa shape index (κ3) is 6.91. The SMILES string of the molecule is CC(C)(C)c1ccc2c(c1)C1(c3cc(C(C)(C)C)ccc3-2)c2ccccc2-c2c(N(c3ccc(-c4ccc5c(c4)C(C)(c4ccccc4)c4ccccc4-5)cc3)c3ccccc3-c3cccc4c3C(C)(C)c3ccccc3-4)cccc21.